The van der Waals surface area contributed by atoms with Crippen LogP contribution in [0.15, 0.2) is 30.0 Å². The number of aromatic nitrogens is 2. The highest BCUT2D eigenvalue weighted by molar-refractivity contribution is 7.13. The standard InChI is InChI=1S/C17H23N3S/c1-2-7-17(8-3-1)11-14(6-9-19-17)20-13-18-12-15(20)16-5-4-10-21-16/h4-5,10,12-14,19H,1-3,6-9,11H2. The number of thiophene rings is 1. The van der Waals surface area contributed by atoms with E-state index in [0.29, 0.717) is 11.6 Å². The molecule has 1 spiro atoms. The van der Waals surface area contributed by atoms with Gasteiger partial charge in [0.25, 0.3) is 0 Å². The van der Waals surface area contributed by atoms with Crippen molar-refractivity contribution in [1.29, 1.82) is 0 Å². The minimum atomic E-state index is 0.401. The maximum atomic E-state index is 4.44. The Hall–Kier alpha value is -1.13. The van der Waals surface area contributed by atoms with E-state index in [-0.39, 0.29) is 0 Å². The van der Waals surface area contributed by atoms with Crippen molar-refractivity contribution in [3.63, 3.8) is 0 Å². The molecule has 4 rings (SSSR count). The Morgan fingerprint density at radius 1 is 1.29 bits per heavy atom. The fraction of sp³-hybridized carbons (Fsp3) is 0.588. The number of hydrogen-bond acceptors (Lipinski definition) is 3. The summed E-state index contributed by atoms with van der Waals surface area (Å²) in [6.45, 7) is 1.15. The summed E-state index contributed by atoms with van der Waals surface area (Å²) >= 11 is 1.81. The summed E-state index contributed by atoms with van der Waals surface area (Å²) in [7, 11) is 0. The third-order valence-corrected chi connectivity index (χ3v) is 6.14. The van der Waals surface area contributed by atoms with E-state index in [4.69, 9.17) is 0 Å². The van der Waals surface area contributed by atoms with E-state index in [9.17, 15) is 0 Å². The van der Waals surface area contributed by atoms with Gasteiger partial charge < -0.3 is 9.88 Å². The van der Waals surface area contributed by atoms with Crippen molar-refractivity contribution in [3.05, 3.63) is 30.0 Å². The zero-order valence-electron chi connectivity index (χ0n) is 12.4. The van der Waals surface area contributed by atoms with Crippen LogP contribution in [0.25, 0.3) is 10.6 Å². The Morgan fingerprint density at radius 2 is 2.19 bits per heavy atom. The monoisotopic (exact) mass is 301 g/mol. The van der Waals surface area contributed by atoms with Gasteiger partial charge in [-0.05, 0) is 43.7 Å². The van der Waals surface area contributed by atoms with E-state index in [1.54, 1.807) is 0 Å². The molecule has 0 bridgehead atoms. The summed E-state index contributed by atoms with van der Waals surface area (Å²) in [5.74, 6) is 0. The summed E-state index contributed by atoms with van der Waals surface area (Å²) in [6.07, 6.45) is 13.5. The SMILES string of the molecule is c1csc(-c2cncn2C2CCNC3(CCCCC3)C2)c1. The van der Waals surface area contributed by atoms with Gasteiger partial charge in [0.2, 0.25) is 0 Å². The molecule has 2 aromatic heterocycles. The number of rotatable bonds is 2. The van der Waals surface area contributed by atoms with Crippen LogP contribution in [0.1, 0.15) is 51.0 Å². The molecule has 112 valence electrons. The quantitative estimate of drug-likeness (QED) is 0.899. The van der Waals surface area contributed by atoms with Gasteiger partial charge in [0.05, 0.1) is 23.1 Å². The first-order valence-electron chi connectivity index (χ1n) is 8.17. The molecule has 2 fully saturated rings. The Bertz CT molecular complexity index is 575. The highest BCUT2D eigenvalue weighted by Crippen LogP contribution is 2.40. The van der Waals surface area contributed by atoms with Crippen molar-refractivity contribution >= 4 is 11.3 Å². The zero-order valence-corrected chi connectivity index (χ0v) is 13.2. The molecule has 1 atom stereocenters. The topological polar surface area (TPSA) is 29.9 Å². The maximum Gasteiger partial charge on any atom is 0.0953 e. The smallest absolute Gasteiger partial charge is 0.0953 e. The second-order valence-corrected chi connectivity index (χ2v) is 7.53. The fourth-order valence-corrected chi connectivity index (χ4v) is 4.93. The molecule has 1 saturated heterocycles. The zero-order chi connectivity index (χ0) is 14.1. The van der Waals surface area contributed by atoms with Crippen LogP contribution >= 0.6 is 11.3 Å². The molecule has 1 N–H and O–H groups in total. The predicted octanol–water partition coefficient (Wildman–Crippen LogP) is 4.24. The van der Waals surface area contributed by atoms with Gasteiger partial charge in [0, 0.05) is 11.6 Å². The van der Waals surface area contributed by atoms with E-state index >= 15 is 0 Å². The van der Waals surface area contributed by atoms with Crippen LogP contribution in [0.4, 0.5) is 0 Å². The van der Waals surface area contributed by atoms with E-state index < -0.39 is 0 Å². The molecular weight excluding hydrogens is 278 g/mol. The first kappa shape index (κ1) is 13.5. The minimum Gasteiger partial charge on any atom is -0.327 e. The number of imidazole rings is 1. The summed E-state index contributed by atoms with van der Waals surface area (Å²) < 4.78 is 2.43. The van der Waals surface area contributed by atoms with Crippen molar-refractivity contribution in [1.82, 2.24) is 14.9 Å². The lowest BCUT2D eigenvalue weighted by molar-refractivity contribution is 0.147. The first-order valence-corrected chi connectivity index (χ1v) is 9.05. The molecule has 4 heteroatoms. The lowest BCUT2D eigenvalue weighted by atomic mass is 9.75. The van der Waals surface area contributed by atoms with Crippen LogP contribution in [0.3, 0.4) is 0 Å². The maximum absolute atomic E-state index is 4.44. The molecule has 0 amide bonds. The highest BCUT2D eigenvalue weighted by atomic mass is 32.1. The lowest BCUT2D eigenvalue weighted by Gasteiger charge is -2.45. The van der Waals surface area contributed by atoms with Crippen LogP contribution in [0, 0.1) is 0 Å². The average Bonchev–Trinajstić information content (AvgIpc) is 3.19. The molecule has 1 aliphatic carbocycles. The number of nitrogens with one attached hydrogen (secondary N) is 1. The Kier molecular flexibility index (Phi) is 3.59. The van der Waals surface area contributed by atoms with Crippen LogP contribution in [-0.2, 0) is 0 Å². The second kappa shape index (κ2) is 5.58. The molecule has 2 aliphatic rings. The van der Waals surface area contributed by atoms with E-state index in [1.807, 2.05) is 23.9 Å². The molecule has 0 radical (unpaired) electrons. The molecule has 3 nitrogen and oxygen atoms in total. The van der Waals surface area contributed by atoms with Gasteiger partial charge in [0.1, 0.15) is 0 Å². The van der Waals surface area contributed by atoms with Gasteiger partial charge in [-0.3, -0.25) is 0 Å². The van der Waals surface area contributed by atoms with Crippen LogP contribution in [0.5, 0.6) is 0 Å². The summed E-state index contributed by atoms with van der Waals surface area (Å²) in [4.78, 5) is 5.77. The summed E-state index contributed by atoms with van der Waals surface area (Å²) in [5, 5.41) is 6.00. The lowest BCUT2D eigenvalue weighted by Crippen LogP contribution is -2.52. The van der Waals surface area contributed by atoms with Gasteiger partial charge in [-0.25, -0.2) is 4.98 Å². The third kappa shape index (κ3) is 2.55. The van der Waals surface area contributed by atoms with Gasteiger partial charge >= 0.3 is 0 Å². The molecule has 3 heterocycles. The number of hydrogen-bond donors (Lipinski definition) is 1. The second-order valence-electron chi connectivity index (χ2n) is 6.58. The molecule has 0 aromatic carbocycles. The van der Waals surface area contributed by atoms with E-state index in [2.05, 4.69) is 32.4 Å². The van der Waals surface area contributed by atoms with E-state index in [0.717, 1.165) is 6.54 Å². The van der Waals surface area contributed by atoms with E-state index in [1.165, 1.54) is 55.5 Å². The van der Waals surface area contributed by atoms with Crippen LogP contribution in [-0.4, -0.2) is 21.6 Å². The van der Waals surface area contributed by atoms with Crippen molar-refractivity contribution in [2.75, 3.05) is 6.54 Å². The average molecular weight is 301 g/mol. The molecule has 2 aromatic rings. The first-order chi connectivity index (χ1) is 10.4. The molecule has 1 saturated carbocycles. The Balaban J connectivity index is 1.60. The van der Waals surface area contributed by atoms with Gasteiger partial charge in [-0.1, -0.05) is 25.3 Å². The van der Waals surface area contributed by atoms with Crippen molar-refractivity contribution in [3.8, 4) is 10.6 Å². The van der Waals surface area contributed by atoms with Gasteiger partial charge in [0.15, 0.2) is 0 Å². The molecule has 1 unspecified atom stereocenters. The van der Waals surface area contributed by atoms with Crippen molar-refractivity contribution in [2.24, 2.45) is 0 Å². The molecule has 21 heavy (non-hydrogen) atoms. The fourth-order valence-electron chi connectivity index (χ4n) is 4.19. The van der Waals surface area contributed by atoms with Crippen LogP contribution < -0.4 is 5.32 Å². The van der Waals surface area contributed by atoms with Crippen molar-refractivity contribution in [2.45, 2.75) is 56.5 Å². The van der Waals surface area contributed by atoms with Crippen LogP contribution in [0.2, 0.25) is 0 Å². The largest absolute Gasteiger partial charge is 0.327 e. The summed E-state index contributed by atoms with van der Waals surface area (Å²) in [5.41, 5.74) is 1.70. The predicted molar refractivity (Wildman–Crippen MR) is 87.6 cm³/mol. The number of nitrogens with zero attached hydrogens (tertiary/aromatic N) is 2. The molecular formula is C17H23N3S. The highest BCUT2D eigenvalue weighted by Gasteiger charge is 2.37. The van der Waals surface area contributed by atoms with Gasteiger partial charge in [-0.15, -0.1) is 11.3 Å². The normalized spacial score (nSPS) is 25.2. The van der Waals surface area contributed by atoms with Crippen molar-refractivity contribution < 1.29 is 0 Å². The molecule has 1 aliphatic heterocycles. The minimum absolute atomic E-state index is 0.401. The Morgan fingerprint density at radius 3 is 3.00 bits per heavy atom. The summed E-state index contributed by atoms with van der Waals surface area (Å²) in [6, 6.07) is 4.93. The Labute approximate surface area is 130 Å². The number of piperidine rings is 1. The van der Waals surface area contributed by atoms with Gasteiger partial charge in [-0.2, -0.15) is 0 Å². The third-order valence-electron chi connectivity index (χ3n) is 5.25.